The van der Waals surface area contributed by atoms with Gasteiger partial charge in [0.25, 0.3) is 0 Å². The first-order valence-electron chi connectivity index (χ1n) is 10.5. The fourth-order valence-electron chi connectivity index (χ4n) is 2.71. The number of unbranched alkanes of at least 4 members (excludes halogenated alkanes) is 2. The normalized spacial score (nSPS) is 14.5. The van der Waals surface area contributed by atoms with Crippen LogP contribution in [0.1, 0.15) is 51.9 Å². The molecule has 0 bridgehead atoms. The number of rotatable bonds is 17. The molecule has 11 N–H and O–H groups in total. The third-order valence-corrected chi connectivity index (χ3v) is 4.63. The molecular formula is C19H36N6O7. The maximum Gasteiger partial charge on any atom is 0.325 e. The van der Waals surface area contributed by atoms with Gasteiger partial charge in [0.1, 0.15) is 18.1 Å². The standard InChI is InChI=1S/C19H36N6O7/c1-11(19(31)32)23-18(30)14(10-15(26)27)25-17(29)13(7-3-5-9-21)24-16(28)12(22)6-2-4-8-20/h11-14H,2-10,20-22H2,1H3,(H,23,30)(H,24,28)(H,25,29)(H,26,27)(H,31,32). The molecule has 0 spiro atoms. The van der Waals surface area contributed by atoms with Gasteiger partial charge in [-0.3, -0.25) is 24.0 Å². The van der Waals surface area contributed by atoms with Gasteiger partial charge in [-0.25, -0.2) is 0 Å². The summed E-state index contributed by atoms with van der Waals surface area (Å²) in [5, 5.41) is 24.9. The number of hydrogen-bond acceptors (Lipinski definition) is 8. The molecule has 4 unspecified atom stereocenters. The van der Waals surface area contributed by atoms with Crippen molar-refractivity contribution >= 4 is 29.7 Å². The SMILES string of the molecule is CC(NC(=O)C(CC(=O)O)NC(=O)C(CCCCN)NC(=O)C(N)CCCCN)C(=O)O. The molecule has 4 atom stereocenters. The van der Waals surface area contributed by atoms with Crippen molar-refractivity contribution in [2.24, 2.45) is 17.2 Å². The van der Waals surface area contributed by atoms with Crippen molar-refractivity contribution < 1.29 is 34.2 Å². The number of carbonyl (C=O) groups excluding carboxylic acids is 3. The zero-order valence-corrected chi connectivity index (χ0v) is 18.3. The van der Waals surface area contributed by atoms with Gasteiger partial charge in [0.05, 0.1) is 12.5 Å². The monoisotopic (exact) mass is 460 g/mol. The van der Waals surface area contributed by atoms with Crippen LogP contribution in [-0.4, -0.2) is 77.1 Å². The predicted octanol–water partition coefficient (Wildman–Crippen LogP) is -2.39. The summed E-state index contributed by atoms with van der Waals surface area (Å²) in [7, 11) is 0. The molecule has 184 valence electrons. The van der Waals surface area contributed by atoms with Crippen molar-refractivity contribution in [3.8, 4) is 0 Å². The van der Waals surface area contributed by atoms with Gasteiger partial charge in [-0.15, -0.1) is 0 Å². The summed E-state index contributed by atoms with van der Waals surface area (Å²) in [5.74, 6) is -5.02. The predicted molar refractivity (Wildman–Crippen MR) is 115 cm³/mol. The van der Waals surface area contributed by atoms with Crippen LogP contribution in [-0.2, 0) is 24.0 Å². The second-order valence-electron chi connectivity index (χ2n) is 7.46. The minimum atomic E-state index is -1.53. The number of carbonyl (C=O) groups is 5. The number of carboxylic acids is 2. The number of amides is 3. The van der Waals surface area contributed by atoms with Crippen molar-refractivity contribution in [2.75, 3.05) is 13.1 Å². The van der Waals surface area contributed by atoms with E-state index in [0.717, 1.165) is 0 Å². The van der Waals surface area contributed by atoms with Gasteiger partial charge in [-0.05, 0) is 52.1 Å². The van der Waals surface area contributed by atoms with Crippen LogP contribution in [0.15, 0.2) is 0 Å². The number of nitrogens with two attached hydrogens (primary N) is 3. The van der Waals surface area contributed by atoms with Crippen molar-refractivity contribution in [1.29, 1.82) is 0 Å². The number of aliphatic carboxylic acids is 2. The molecule has 0 aliphatic heterocycles. The first kappa shape index (κ1) is 29.2. The van der Waals surface area contributed by atoms with Crippen molar-refractivity contribution in [1.82, 2.24) is 16.0 Å². The highest BCUT2D eigenvalue weighted by atomic mass is 16.4. The number of hydrogen-bond donors (Lipinski definition) is 8. The van der Waals surface area contributed by atoms with Gasteiger partial charge >= 0.3 is 11.9 Å². The fourth-order valence-corrected chi connectivity index (χ4v) is 2.71. The van der Waals surface area contributed by atoms with Crippen LogP contribution in [0, 0.1) is 0 Å². The summed E-state index contributed by atoms with van der Waals surface area (Å²) < 4.78 is 0. The molecule has 0 aliphatic carbocycles. The maximum absolute atomic E-state index is 12.8. The third-order valence-electron chi connectivity index (χ3n) is 4.63. The lowest BCUT2D eigenvalue weighted by atomic mass is 10.0. The Bertz CT molecular complexity index is 646. The van der Waals surface area contributed by atoms with E-state index in [0.29, 0.717) is 45.2 Å². The largest absolute Gasteiger partial charge is 0.481 e. The van der Waals surface area contributed by atoms with Crippen LogP contribution in [0.5, 0.6) is 0 Å². The van der Waals surface area contributed by atoms with Crippen LogP contribution in [0.2, 0.25) is 0 Å². The fraction of sp³-hybridized carbons (Fsp3) is 0.737. The second kappa shape index (κ2) is 15.9. The van der Waals surface area contributed by atoms with Crippen molar-refractivity contribution in [2.45, 2.75) is 76.0 Å². The van der Waals surface area contributed by atoms with Gasteiger partial charge in [-0.2, -0.15) is 0 Å². The molecule has 0 aromatic heterocycles. The Morgan fingerprint density at radius 3 is 1.75 bits per heavy atom. The minimum Gasteiger partial charge on any atom is -0.481 e. The molecule has 0 radical (unpaired) electrons. The zero-order valence-electron chi connectivity index (χ0n) is 18.3. The second-order valence-corrected chi connectivity index (χ2v) is 7.46. The average molecular weight is 461 g/mol. The summed E-state index contributed by atoms with van der Waals surface area (Å²) in [5.41, 5.74) is 16.7. The molecule has 0 aromatic carbocycles. The van der Waals surface area contributed by atoms with Crippen molar-refractivity contribution in [3.63, 3.8) is 0 Å². The molecule has 0 aromatic rings. The van der Waals surface area contributed by atoms with Crippen molar-refractivity contribution in [3.05, 3.63) is 0 Å². The molecular weight excluding hydrogens is 424 g/mol. The highest BCUT2D eigenvalue weighted by Crippen LogP contribution is 2.05. The van der Waals surface area contributed by atoms with E-state index in [4.69, 9.17) is 27.4 Å². The van der Waals surface area contributed by atoms with Gasteiger partial charge in [0, 0.05) is 0 Å². The first-order chi connectivity index (χ1) is 15.0. The topological polar surface area (TPSA) is 240 Å². The first-order valence-corrected chi connectivity index (χ1v) is 10.5. The molecule has 32 heavy (non-hydrogen) atoms. The molecule has 0 saturated carbocycles. The molecule has 0 rings (SSSR count). The van der Waals surface area contributed by atoms with E-state index in [2.05, 4.69) is 16.0 Å². The van der Waals surface area contributed by atoms with Crippen LogP contribution in [0.25, 0.3) is 0 Å². The highest BCUT2D eigenvalue weighted by Gasteiger charge is 2.30. The van der Waals surface area contributed by atoms with Crippen LogP contribution >= 0.6 is 0 Å². The van der Waals surface area contributed by atoms with Gasteiger partial charge < -0.3 is 43.4 Å². The Morgan fingerprint density at radius 2 is 1.25 bits per heavy atom. The average Bonchev–Trinajstić information content (AvgIpc) is 2.71. The summed E-state index contributed by atoms with van der Waals surface area (Å²) in [6.07, 6.45) is 2.20. The molecule has 0 aliphatic rings. The number of carboxylic acid groups (broad SMARTS) is 2. The zero-order chi connectivity index (χ0) is 24.7. The van der Waals surface area contributed by atoms with E-state index in [1.54, 1.807) is 0 Å². The van der Waals surface area contributed by atoms with Gasteiger partial charge in [0.2, 0.25) is 17.7 Å². The minimum absolute atomic E-state index is 0.192. The molecule has 13 heteroatoms. The summed E-state index contributed by atoms with van der Waals surface area (Å²) >= 11 is 0. The lowest BCUT2D eigenvalue weighted by Crippen LogP contribution is -2.57. The summed E-state index contributed by atoms with van der Waals surface area (Å²) in [4.78, 5) is 59.5. The van der Waals surface area contributed by atoms with E-state index < -0.39 is 60.2 Å². The maximum atomic E-state index is 12.8. The summed E-state index contributed by atoms with van der Waals surface area (Å²) in [6, 6.07) is -4.76. The Kier molecular flexibility index (Phi) is 14.6. The molecule has 3 amide bonds. The Labute approximate surface area is 186 Å². The Morgan fingerprint density at radius 1 is 0.750 bits per heavy atom. The van der Waals surface area contributed by atoms with E-state index in [9.17, 15) is 24.0 Å². The Balaban J connectivity index is 5.29. The molecule has 0 fully saturated rings. The van der Waals surface area contributed by atoms with Gasteiger partial charge in [0.15, 0.2) is 0 Å². The van der Waals surface area contributed by atoms with Crippen LogP contribution in [0.3, 0.4) is 0 Å². The lowest BCUT2D eigenvalue weighted by Gasteiger charge is -2.24. The molecule has 0 saturated heterocycles. The summed E-state index contributed by atoms with van der Waals surface area (Å²) in [6.45, 7) is 2.03. The lowest BCUT2D eigenvalue weighted by molar-refractivity contribution is -0.143. The number of nitrogens with one attached hydrogen (secondary N) is 3. The van der Waals surface area contributed by atoms with Crippen LogP contribution < -0.4 is 33.2 Å². The smallest absolute Gasteiger partial charge is 0.325 e. The highest BCUT2D eigenvalue weighted by molar-refractivity contribution is 5.95. The third kappa shape index (κ3) is 12.2. The Hall–Kier alpha value is -2.77. The van der Waals surface area contributed by atoms with Gasteiger partial charge in [-0.1, -0.05) is 6.42 Å². The van der Waals surface area contributed by atoms with E-state index >= 15 is 0 Å². The molecule has 0 heterocycles. The van der Waals surface area contributed by atoms with Crippen LogP contribution in [0.4, 0.5) is 0 Å². The van der Waals surface area contributed by atoms with E-state index in [1.807, 2.05) is 0 Å². The van der Waals surface area contributed by atoms with E-state index in [1.165, 1.54) is 6.92 Å². The quantitative estimate of drug-likeness (QED) is 0.107. The van der Waals surface area contributed by atoms with E-state index in [-0.39, 0.29) is 6.42 Å². The molecule has 13 nitrogen and oxygen atoms in total.